The Bertz CT molecular complexity index is 79.3. The summed E-state index contributed by atoms with van der Waals surface area (Å²) < 4.78 is 8.52. The second-order valence-electron chi connectivity index (χ2n) is 0.721. The molecule has 0 aromatic rings. The van der Waals surface area contributed by atoms with Gasteiger partial charge in [-0.05, 0) is 0 Å². The van der Waals surface area contributed by atoms with Crippen molar-refractivity contribution in [3.63, 3.8) is 0 Å². The van der Waals surface area contributed by atoms with E-state index in [1.54, 1.807) is 12.2 Å². The van der Waals surface area contributed by atoms with Gasteiger partial charge in [0.2, 0.25) is 0 Å². The first-order valence-electron chi connectivity index (χ1n) is 1.76. The van der Waals surface area contributed by atoms with E-state index in [1.807, 2.05) is 0 Å². The molecule has 0 radical (unpaired) electrons. The molecule has 3 nitrogen and oxygen atoms in total. The Hall–Kier alpha value is -0.903. The summed E-state index contributed by atoms with van der Waals surface area (Å²) in [6.07, 6.45) is 3.28. The van der Waals surface area contributed by atoms with E-state index >= 15 is 0 Å². The zero-order valence-corrected chi connectivity index (χ0v) is 5.29. The molecular formula is C4H6O3Si-2. The van der Waals surface area contributed by atoms with E-state index in [1.165, 1.54) is 0 Å². The topological polar surface area (TPSA) is 63.2 Å². The fourth-order valence-corrected chi connectivity index (χ4v) is 0. The van der Waals surface area contributed by atoms with E-state index in [4.69, 9.17) is 14.1 Å². The van der Waals surface area contributed by atoms with Gasteiger partial charge in [0.25, 0.3) is 0 Å². The average Bonchev–Trinajstić information content (AvgIpc) is 1.65. The van der Waals surface area contributed by atoms with Crippen LogP contribution >= 0.6 is 0 Å². The molecule has 0 atom stereocenters. The Balaban J connectivity index is 0. The smallest absolute Gasteiger partial charge is 0.0172 e. The van der Waals surface area contributed by atoms with Crippen molar-refractivity contribution in [2.45, 2.75) is 0 Å². The lowest BCUT2D eigenvalue weighted by Gasteiger charge is -1.94. The highest BCUT2D eigenvalue weighted by Crippen LogP contribution is 1.52. The molecule has 0 aromatic heterocycles. The first-order chi connectivity index (χ1) is 3.65. The maximum absolute atomic E-state index is 8.52. The Morgan fingerprint density at radius 2 is 1.38 bits per heavy atom. The number of allylic oxidation sites excluding steroid dienone is 2. The summed E-state index contributed by atoms with van der Waals surface area (Å²) >= 11 is 0. The van der Waals surface area contributed by atoms with Crippen molar-refractivity contribution >= 4 is 9.17 Å². The van der Waals surface area contributed by atoms with Gasteiger partial charge in [-0.25, -0.2) is 0 Å². The van der Waals surface area contributed by atoms with Gasteiger partial charge in [-0.15, -0.1) is 0 Å². The molecule has 0 fully saturated rings. The first kappa shape index (κ1) is 10.2. The summed E-state index contributed by atoms with van der Waals surface area (Å²) in [6.45, 7) is 6.72. The molecule has 0 N–H and O–H groups in total. The van der Waals surface area contributed by atoms with Gasteiger partial charge < -0.3 is 14.1 Å². The Labute approximate surface area is 49.5 Å². The predicted octanol–water partition coefficient (Wildman–Crippen LogP) is -1.52. The third-order valence-corrected chi connectivity index (χ3v) is 0.167. The lowest BCUT2D eigenvalue weighted by atomic mass is 10.6. The zero-order chi connectivity index (χ0) is 6.99. The summed E-state index contributed by atoms with van der Waals surface area (Å²) in [7, 11) is -3.63. The Kier molecular flexibility index (Phi) is 12.0. The van der Waals surface area contributed by atoms with Gasteiger partial charge in [-0.3, -0.25) is 0 Å². The maximum atomic E-state index is 8.52. The highest BCUT2D eigenvalue weighted by atomic mass is 28.3. The van der Waals surface area contributed by atoms with Crippen LogP contribution in [0.5, 0.6) is 0 Å². The van der Waals surface area contributed by atoms with Crippen molar-refractivity contribution in [2.24, 2.45) is 0 Å². The fraction of sp³-hybridized carbons (Fsp3) is 0. The van der Waals surface area contributed by atoms with Crippen LogP contribution < -0.4 is 9.59 Å². The second-order valence-corrected chi connectivity index (χ2v) is 1.22. The number of hydrogen-bond acceptors (Lipinski definition) is 3. The number of rotatable bonds is 1. The van der Waals surface area contributed by atoms with Gasteiger partial charge in [0.1, 0.15) is 0 Å². The second kappa shape index (κ2) is 9.44. The largest absolute Gasteiger partial charge is 0.672 e. The summed E-state index contributed by atoms with van der Waals surface area (Å²) in [4.78, 5) is 17.0. The van der Waals surface area contributed by atoms with E-state index < -0.39 is 9.17 Å². The van der Waals surface area contributed by atoms with E-state index in [2.05, 4.69) is 13.2 Å². The molecule has 0 unspecified atom stereocenters. The van der Waals surface area contributed by atoms with Crippen molar-refractivity contribution in [3.8, 4) is 0 Å². The third-order valence-electron chi connectivity index (χ3n) is 0.167. The van der Waals surface area contributed by atoms with Gasteiger partial charge in [0.15, 0.2) is 0 Å². The molecule has 46 valence electrons. The van der Waals surface area contributed by atoms with Crippen LogP contribution in [0.3, 0.4) is 0 Å². The van der Waals surface area contributed by atoms with Gasteiger partial charge in [-0.2, -0.15) is 0 Å². The highest BCUT2D eigenvalue weighted by molar-refractivity contribution is 6.17. The van der Waals surface area contributed by atoms with Crippen LogP contribution in [0.4, 0.5) is 0 Å². The van der Waals surface area contributed by atoms with Crippen LogP contribution in [0.15, 0.2) is 25.3 Å². The quantitative estimate of drug-likeness (QED) is 0.320. The monoisotopic (exact) mass is 130 g/mol. The van der Waals surface area contributed by atoms with Gasteiger partial charge in [-0.1, -0.05) is 25.3 Å². The molecule has 0 heterocycles. The lowest BCUT2D eigenvalue weighted by molar-refractivity contribution is -0.354. The van der Waals surface area contributed by atoms with Crippen molar-refractivity contribution in [2.75, 3.05) is 0 Å². The van der Waals surface area contributed by atoms with Crippen molar-refractivity contribution in [1.82, 2.24) is 0 Å². The van der Waals surface area contributed by atoms with Crippen LogP contribution in [0.25, 0.3) is 0 Å². The van der Waals surface area contributed by atoms with Crippen molar-refractivity contribution in [1.29, 1.82) is 0 Å². The van der Waals surface area contributed by atoms with Crippen LogP contribution in [-0.4, -0.2) is 9.17 Å². The van der Waals surface area contributed by atoms with Gasteiger partial charge in [0, 0.05) is 9.17 Å². The van der Waals surface area contributed by atoms with Crippen LogP contribution in [0.2, 0.25) is 0 Å². The third kappa shape index (κ3) is 9110. The molecule has 0 aliphatic rings. The van der Waals surface area contributed by atoms with Crippen LogP contribution in [0.1, 0.15) is 0 Å². The van der Waals surface area contributed by atoms with Gasteiger partial charge >= 0.3 is 0 Å². The van der Waals surface area contributed by atoms with E-state index in [0.29, 0.717) is 0 Å². The summed E-state index contributed by atoms with van der Waals surface area (Å²) in [5, 5.41) is 0. The van der Waals surface area contributed by atoms with E-state index in [0.717, 1.165) is 0 Å². The summed E-state index contributed by atoms with van der Waals surface area (Å²) in [6, 6.07) is 0. The zero-order valence-electron chi connectivity index (χ0n) is 4.29. The van der Waals surface area contributed by atoms with Gasteiger partial charge in [0.05, 0.1) is 0 Å². The molecule has 0 amide bonds. The fourth-order valence-electron chi connectivity index (χ4n) is 0. The molecule has 0 saturated heterocycles. The molecule has 0 aliphatic heterocycles. The molecular weight excluding hydrogens is 124 g/mol. The normalized spacial score (nSPS) is 5.50. The molecule has 4 heteroatoms. The highest BCUT2D eigenvalue weighted by Gasteiger charge is 1.29. The van der Waals surface area contributed by atoms with Crippen molar-refractivity contribution in [3.05, 3.63) is 25.3 Å². The Morgan fingerprint density at radius 1 is 1.25 bits per heavy atom. The minimum absolute atomic E-state index is 1.64. The van der Waals surface area contributed by atoms with Crippen molar-refractivity contribution < 1.29 is 14.1 Å². The summed E-state index contributed by atoms with van der Waals surface area (Å²) in [5.74, 6) is 0. The van der Waals surface area contributed by atoms with E-state index in [-0.39, 0.29) is 0 Å². The maximum Gasteiger partial charge on any atom is 0.0172 e. The summed E-state index contributed by atoms with van der Waals surface area (Å²) in [5.41, 5.74) is 0. The number of hydrogen-bond donors (Lipinski definition) is 0. The molecule has 0 bridgehead atoms. The minimum atomic E-state index is -3.63. The van der Waals surface area contributed by atoms with E-state index in [9.17, 15) is 0 Å². The minimum Gasteiger partial charge on any atom is -0.672 e. The van der Waals surface area contributed by atoms with Crippen LogP contribution in [-0.2, 0) is 4.46 Å². The molecule has 0 aliphatic carbocycles. The lowest BCUT2D eigenvalue weighted by Crippen LogP contribution is -2.34. The average molecular weight is 130 g/mol. The molecule has 0 saturated carbocycles. The van der Waals surface area contributed by atoms with Crippen LogP contribution in [0, 0.1) is 0 Å². The Morgan fingerprint density at radius 3 is 1.38 bits per heavy atom. The SMILES string of the molecule is C=CC=C.O=[Si]([O-])[O-]. The molecule has 0 rings (SSSR count). The predicted molar refractivity (Wildman–Crippen MR) is 26.8 cm³/mol. The molecule has 8 heavy (non-hydrogen) atoms. The molecule has 0 spiro atoms. The first-order valence-corrected chi connectivity index (χ1v) is 2.99. The standard InChI is InChI=1S/C4H6.O3Si/c1-3-4-2;1-4(2)3/h3-4H,1-2H2;/q;-2. The molecule has 0 aromatic carbocycles.